The minimum Gasteiger partial charge on any atom is -0.497 e. The number of aryl methyl sites for hydroxylation is 1. The van der Waals surface area contributed by atoms with E-state index in [0.29, 0.717) is 27.9 Å². The van der Waals surface area contributed by atoms with Gasteiger partial charge in [0.15, 0.2) is 5.69 Å². The molecule has 0 aliphatic heterocycles. The molecule has 8 heteroatoms. The number of methoxy groups -OCH3 is 2. The lowest BCUT2D eigenvalue weighted by atomic mass is 10.2. The van der Waals surface area contributed by atoms with Crippen LogP contribution in [0.4, 0.5) is 5.69 Å². The molecule has 0 unspecified atom stereocenters. The first-order valence-corrected chi connectivity index (χ1v) is 8.54. The Morgan fingerprint density at radius 3 is 2.56 bits per heavy atom. The molecule has 2 aromatic carbocycles. The van der Waals surface area contributed by atoms with Crippen molar-refractivity contribution in [3.05, 3.63) is 58.4 Å². The second-order valence-electron chi connectivity index (χ2n) is 5.89. The average Bonchev–Trinajstić information content (AvgIpc) is 3.05. The summed E-state index contributed by atoms with van der Waals surface area (Å²) in [6, 6.07) is 10.7. The van der Waals surface area contributed by atoms with E-state index in [1.54, 1.807) is 43.0 Å². The van der Waals surface area contributed by atoms with Crippen LogP contribution in [0.3, 0.4) is 0 Å². The van der Waals surface area contributed by atoms with Gasteiger partial charge in [-0.3, -0.25) is 4.79 Å². The summed E-state index contributed by atoms with van der Waals surface area (Å²) >= 11 is 6.19. The van der Waals surface area contributed by atoms with Crippen molar-refractivity contribution in [2.45, 2.75) is 13.8 Å². The number of ether oxygens (including phenoxy) is 2. The van der Waals surface area contributed by atoms with Gasteiger partial charge < -0.3 is 14.8 Å². The first-order valence-electron chi connectivity index (χ1n) is 8.16. The van der Waals surface area contributed by atoms with Crippen LogP contribution in [0.2, 0.25) is 5.02 Å². The smallest absolute Gasteiger partial charge is 0.278 e. The number of anilines is 1. The van der Waals surface area contributed by atoms with Crippen molar-refractivity contribution in [3.8, 4) is 17.2 Å². The van der Waals surface area contributed by atoms with Gasteiger partial charge >= 0.3 is 0 Å². The Hall–Kier alpha value is -3.06. The number of amides is 1. The van der Waals surface area contributed by atoms with Crippen molar-refractivity contribution in [3.63, 3.8) is 0 Å². The lowest BCUT2D eigenvalue weighted by molar-refractivity contribution is 0.102. The van der Waals surface area contributed by atoms with E-state index >= 15 is 0 Å². The van der Waals surface area contributed by atoms with E-state index in [1.165, 1.54) is 7.11 Å². The average molecular weight is 387 g/mol. The van der Waals surface area contributed by atoms with Crippen molar-refractivity contribution >= 4 is 23.2 Å². The molecule has 1 amide bonds. The van der Waals surface area contributed by atoms with Gasteiger partial charge in [-0.2, -0.15) is 0 Å². The summed E-state index contributed by atoms with van der Waals surface area (Å²) < 4.78 is 12.1. The molecule has 140 valence electrons. The molecule has 0 aliphatic rings. The first kappa shape index (κ1) is 18.7. The third-order valence-electron chi connectivity index (χ3n) is 4.16. The van der Waals surface area contributed by atoms with Crippen molar-refractivity contribution in [1.82, 2.24) is 15.0 Å². The zero-order chi connectivity index (χ0) is 19.6. The normalized spacial score (nSPS) is 10.6. The van der Waals surface area contributed by atoms with Crippen LogP contribution in [-0.2, 0) is 0 Å². The summed E-state index contributed by atoms with van der Waals surface area (Å²) in [6.07, 6.45) is 0. The quantitative estimate of drug-likeness (QED) is 0.721. The molecule has 1 heterocycles. The molecule has 0 aliphatic carbocycles. The van der Waals surface area contributed by atoms with Gasteiger partial charge in [0.1, 0.15) is 11.5 Å². The number of hydrogen-bond acceptors (Lipinski definition) is 5. The highest BCUT2D eigenvalue weighted by Gasteiger charge is 2.19. The van der Waals surface area contributed by atoms with Crippen LogP contribution in [0, 0.1) is 13.8 Å². The van der Waals surface area contributed by atoms with Crippen molar-refractivity contribution in [2.75, 3.05) is 19.5 Å². The van der Waals surface area contributed by atoms with E-state index in [-0.39, 0.29) is 5.69 Å². The van der Waals surface area contributed by atoms with Gasteiger partial charge in [0.25, 0.3) is 5.91 Å². The number of carbonyl (C=O) groups is 1. The van der Waals surface area contributed by atoms with E-state index in [2.05, 4.69) is 15.6 Å². The van der Waals surface area contributed by atoms with E-state index in [4.69, 9.17) is 21.1 Å². The summed E-state index contributed by atoms with van der Waals surface area (Å²) in [7, 11) is 3.08. The van der Waals surface area contributed by atoms with Gasteiger partial charge in [-0.05, 0) is 43.7 Å². The molecule has 1 aromatic heterocycles. The van der Waals surface area contributed by atoms with Crippen LogP contribution in [0.15, 0.2) is 36.4 Å². The summed E-state index contributed by atoms with van der Waals surface area (Å²) in [4.78, 5) is 12.7. The van der Waals surface area contributed by atoms with Gasteiger partial charge in [0.2, 0.25) is 0 Å². The molecule has 0 atom stereocenters. The van der Waals surface area contributed by atoms with E-state index in [9.17, 15) is 4.79 Å². The fourth-order valence-corrected chi connectivity index (χ4v) is 2.77. The molecule has 7 nitrogen and oxygen atoms in total. The molecule has 0 fully saturated rings. The Bertz CT molecular complexity index is 1000. The van der Waals surface area contributed by atoms with Crippen molar-refractivity contribution in [2.24, 2.45) is 0 Å². The summed E-state index contributed by atoms with van der Waals surface area (Å²) in [5, 5.41) is 11.5. The largest absolute Gasteiger partial charge is 0.497 e. The zero-order valence-corrected chi connectivity index (χ0v) is 16.2. The SMILES string of the molecule is COc1ccc(OC)c(NC(=O)c2nnn(-c3ccc(C)c(Cl)c3)c2C)c1. The Balaban J connectivity index is 1.91. The number of nitrogens with one attached hydrogen (secondary N) is 1. The molecule has 0 saturated carbocycles. The van der Waals surface area contributed by atoms with Gasteiger partial charge in [-0.1, -0.05) is 22.9 Å². The molecule has 0 bridgehead atoms. The second-order valence-corrected chi connectivity index (χ2v) is 6.30. The predicted molar refractivity (Wildman–Crippen MR) is 103 cm³/mol. The minimum absolute atomic E-state index is 0.205. The number of halogens is 1. The van der Waals surface area contributed by atoms with E-state index < -0.39 is 5.91 Å². The Morgan fingerprint density at radius 2 is 1.89 bits per heavy atom. The lowest BCUT2D eigenvalue weighted by Gasteiger charge is -2.11. The molecular formula is C19H19ClN4O3. The van der Waals surface area contributed by atoms with Crippen LogP contribution < -0.4 is 14.8 Å². The van der Waals surface area contributed by atoms with E-state index in [1.807, 2.05) is 19.1 Å². The molecule has 0 spiro atoms. The second kappa shape index (κ2) is 7.67. The van der Waals surface area contributed by atoms with Crippen LogP contribution in [0.25, 0.3) is 5.69 Å². The monoisotopic (exact) mass is 386 g/mol. The molecule has 3 rings (SSSR count). The molecule has 27 heavy (non-hydrogen) atoms. The minimum atomic E-state index is -0.400. The van der Waals surface area contributed by atoms with Crippen LogP contribution in [-0.4, -0.2) is 35.1 Å². The third kappa shape index (κ3) is 3.73. The summed E-state index contributed by atoms with van der Waals surface area (Å²) in [5.74, 6) is 0.712. The fourth-order valence-electron chi connectivity index (χ4n) is 2.59. The maximum Gasteiger partial charge on any atom is 0.278 e. The fraction of sp³-hybridized carbons (Fsp3) is 0.211. The topological polar surface area (TPSA) is 78.3 Å². The predicted octanol–water partition coefficient (Wildman–Crippen LogP) is 3.81. The number of rotatable bonds is 5. The van der Waals surface area contributed by atoms with Gasteiger partial charge in [0, 0.05) is 11.1 Å². The summed E-state index contributed by atoms with van der Waals surface area (Å²) in [5.41, 5.74) is 2.97. The number of hydrogen-bond donors (Lipinski definition) is 1. The Kier molecular flexibility index (Phi) is 5.32. The molecule has 0 saturated heterocycles. The van der Waals surface area contributed by atoms with Gasteiger partial charge in [-0.25, -0.2) is 4.68 Å². The van der Waals surface area contributed by atoms with Crippen LogP contribution in [0.5, 0.6) is 11.5 Å². The van der Waals surface area contributed by atoms with E-state index in [0.717, 1.165) is 11.3 Å². The Morgan fingerprint density at radius 1 is 1.11 bits per heavy atom. The maximum absolute atomic E-state index is 12.7. The van der Waals surface area contributed by atoms with Crippen molar-refractivity contribution in [1.29, 1.82) is 0 Å². The Labute approximate surface area is 161 Å². The number of carbonyl (C=O) groups excluding carboxylic acids is 1. The first-order chi connectivity index (χ1) is 12.9. The molecule has 1 N–H and O–H groups in total. The van der Waals surface area contributed by atoms with Crippen LogP contribution >= 0.6 is 11.6 Å². The van der Waals surface area contributed by atoms with Gasteiger partial charge in [-0.15, -0.1) is 5.10 Å². The molecule has 3 aromatic rings. The molecule has 0 radical (unpaired) electrons. The van der Waals surface area contributed by atoms with Crippen LogP contribution in [0.1, 0.15) is 21.7 Å². The molecular weight excluding hydrogens is 368 g/mol. The highest BCUT2D eigenvalue weighted by atomic mass is 35.5. The third-order valence-corrected chi connectivity index (χ3v) is 4.57. The lowest BCUT2D eigenvalue weighted by Crippen LogP contribution is -2.15. The highest BCUT2D eigenvalue weighted by Crippen LogP contribution is 2.29. The highest BCUT2D eigenvalue weighted by molar-refractivity contribution is 6.31. The number of benzene rings is 2. The van der Waals surface area contributed by atoms with Crippen molar-refractivity contribution < 1.29 is 14.3 Å². The summed E-state index contributed by atoms with van der Waals surface area (Å²) in [6.45, 7) is 3.69. The number of nitrogens with zero attached hydrogens (tertiary/aromatic N) is 3. The standard InChI is InChI=1S/C19H19ClN4O3/c1-11-5-6-13(9-15(11)20)24-12(2)18(22-23-24)19(25)21-16-10-14(26-3)7-8-17(16)27-4/h5-10H,1-4H3,(H,21,25). The zero-order valence-electron chi connectivity index (χ0n) is 15.4. The maximum atomic E-state index is 12.7. The number of aromatic nitrogens is 3. The van der Waals surface area contributed by atoms with Gasteiger partial charge in [0.05, 0.1) is 31.3 Å².